The van der Waals surface area contributed by atoms with Crippen molar-refractivity contribution in [3.63, 3.8) is 0 Å². The van der Waals surface area contributed by atoms with Gasteiger partial charge < -0.3 is 14.9 Å². The third kappa shape index (κ3) is 4.92. The molecule has 1 saturated heterocycles. The number of aromatic nitrogens is 3. The van der Waals surface area contributed by atoms with E-state index in [1.807, 2.05) is 13.8 Å². The number of hydrogen-bond acceptors (Lipinski definition) is 6. The van der Waals surface area contributed by atoms with Crippen molar-refractivity contribution in [2.24, 2.45) is 10.6 Å². The SMILES string of the molecule is Cc1nc(C)n(CCNC(=O)C2(C[C@H]3CC(c4ccc(F)cc4)=NO3)CCOCC2)n1. The molecule has 3 heterocycles. The summed E-state index contributed by atoms with van der Waals surface area (Å²) in [7, 11) is 0. The van der Waals surface area contributed by atoms with E-state index in [1.165, 1.54) is 12.1 Å². The third-order valence-corrected chi connectivity index (χ3v) is 6.03. The van der Waals surface area contributed by atoms with Crippen LogP contribution in [0.25, 0.3) is 0 Å². The number of benzene rings is 1. The molecule has 0 saturated carbocycles. The van der Waals surface area contributed by atoms with E-state index in [0.29, 0.717) is 52.0 Å². The minimum atomic E-state index is -0.552. The number of carbonyl (C=O) groups is 1. The van der Waals surface area contributed by atoms with Crippen molar-refractivity contribution in [2.45, 2.75) is 52.2 Å². The fourth-order valence-corrected chi connectivity index (χ4v) is 4.31. The van der Waals surface area contributed by atoms with Crippen LogP contribution in [-0.2, 0) is 20.9 Å². The zero-order chi connectivity index (χ0) is 21.8. The van der Waals surface area contributed by atoms with E-state index in [0.717, 1.165) is 22.9 Å². The summed E-state index contributed by atoms with van der Waals surface area (Å²) in [5.41, 5.74) is 1.07. The van der Waals surface area contributed by atoms with Gasteiger partial charge in [-0.1, -0.05) is 17.3 Å². The van der Waals surface area contributed by atoms with E-state index in [2.05, 4.69) is 20.6 Å². The lowest BCUT2D eigenvalue weighted by Crippen LogP contribution is -2.47. The molecule has 0 radical (unpaired) electrons. The summed E-state index contributed by atoms with van der Waals surface area (Å²) >= 11 is 0. The van der Waals surface area contributed by atoms with Gasteiger partial charge in [-0.05, 0) is 44.4 Å². The number of halogens is 1. The van der Waals surface area contributed by atoms with E-state index >= 15 is 0 Å². The number of carbonyl (C=O) groups excluding carboxylic acids is 1. The molecular formula is C22H28FN5O3. The van der Waals surface area contributed by atoms with Crippen molar-refractivity contribution in [2.75, 3.05) is 19.8 Å². The summed E-state index contributed by atoms with van der Waals surface area (Å²) in [6.45, 7) is 5.90. The second-order valence-electron chi connectivity index (χ2n) is 8.26. The fourth-order valence-electron chi connectivity index (χ4n) is 4.31. The van der Waals surface area contributed by atoms with Crippen molar-refractivity contribution < 1.29 is 18.8 Å². The molecule has 1 amide bonds. The number of nitrogens with one attached hydrogen (secondary N) is 1. The molecule has 0 unspecified atom stereocenters. The van der Waals surface area contributed by atoms with Gasteiger partial charge in [0.2, 0.25) is 5.91 Å². The molecule has 0 aliphatic carbocycles. The van der Waals surface area contributed by atoms with Gasteiger partial charge in [-0.25, -0.2) is 14.1 Å². The van der Waals surface area contributed by atoms with Gasteiger partial charge in [0.1, 0.15) is 23.6 Å². The highest BCUT2D eigenvalue weighted by molar-refractivity contribution is 6.01. The first-order valence-corrected chi connectivity index (χ1v) is 10.7. The average molecular weight is 429 g/mol. The molecular weight excluding hydrogens is 401 g/mol. The zero-order valence-electron chi connectivity index (χ0n) is 17.9. The molecule has 4 rings (SSSR count). The van der Waals surface area contributed by atoms with Crippen molar-refractivity contribution in [1.29, 1.82) is 0 Å². The molecule has 0 bridgehead atoms. The van der Waals surface area contributed by atoms with Crippen LogP contribution in [0.4, 0.5) is 4.39 Å². The molecule has 1 N–H and O–H groups in total. The molecule has 31 heavy (non-hydrogen) atoms. The van der Waals surface area contributed by atoms with Gasteiger partial charge in [0, 0.05) is 32.6 Å². The van der Waals surface area contributed by atoms with Gasteiger partial charge >= 0.3 is 0 Å². The van der Waals surface area contributed by atoms with Crippen molar-refractivity contribution in [3.8, 4) is 0 Å². The molecule has 1 atom stereocenters. The Morgan fingerprint density at radius 2 is 2.00 bits per heavy atom. The molecule has 1 aromatic heterocycles. The second kappa shape index (κ2) is 9.13. The largest absolute Gasteiger partial charge is 0.392 e. The van der Waals surface area contributed by atoms with Gasteiger partial charge in [0.05, 0.1) is 17.7 Å². The molecule has 166 valence electrons. The Bertz CT molecular complexity index is 951. The predicted octanol–water partition coefficient (Wildman–Crippen LogP) is 2.53. The number of hydrogen-bond donors (Lipinski definition) is 1. The van der Waals surface area contributed by atoms with Gasteiger partial charge in [-0.3, -0.25) is 4.79 Å². The minimum absolute atomic E-state index is 0.0177. The Balaban J connectivity index is 1.36. The lowest BCUT2D eigenvalue weighted by Gasteiger charge is -2.37. The second-order valence-corrected chi connectivity index (χ2v) is 8.26. The van der Waals surface area contributed by atoms with Crippen molar-refractivity contribution in [1.82, 2.24) is 20.1 Å². The monoisotopic (exact) mass is 429 g/mol. The normalized spacial score (nSPS) is 20.2. The standard InChI is InChI=1S/C22H28FN5O3/c1-15-25-16(2)28(26-15)10-9-24-21(29)22(7-11-30-12-8-22)14-19-13-20(27-31-19)17-3-5-18(23)6-4-17/h3-6,19H,7-14H2,1-2H3,(H,24,29)/t19-/m1/s1. The van der Waals surface area contributed by atoms with Gasteiger partial charge in [0.15, 0.2) is 0 Å². The first-order chi connectivity index (χ1) is 14.9. The summed E-state index contributed by atoms with van der Waals surface area (Å²) in [6.07, 6.45) is 2.26. The Morgan fingerprint density at radius 1 is 1.26 bits per heavy atom. The van der Waals surface area contributed by atoms with Crippen LogP contribution in [0.1, 0.15) is 42.9 Å². The maximum atomic E-state index is 13.2. The van der Waals surface area contributed by atoms with Crippen LogP contribution in [0.2, 0.25) is 0 Å². The smallest absolute Gasteiger partial charge is 0.226 e. The summed E-state index contributed by atoms with van der Waals surface area (Å²) in [5, 5.41) is 11.6. The topological polar surface area (TPSA) is 90.6 Å². The van der Waals surface area contributed by atoms with Crippen LogP contribution in [0.5, 0.6) is 0 Å². The van der Waals surface area contributed by atoms with Crippen LogP contribution in [0, 0.1) is 25.1 Å². The van der Waals surface area contributed by atoms with Crippen LogP contribution < -0.4 is 5.32 Å². The fraction of sp³-hybridized carbons (Fsp3) is 0.545. The van der Waals surface area contributed by atoms with Gasteiger partial charge in [-0.15, -0.1) is 0 Å². The zero-order valence-corrected chi connectivity index (χ0v) is 17.9. The van der Waals surface area contributed by atoms with E-state index in [9.17, 15) is 9.18 Å². The molecule has 1 aromatic carbocycles. The Labute approximate surface area is 180 Å². The number of rotatable bonds is 7. The van der Waals surface area contributed by atoms with Gasteiger partial charge in [-0.2, -0.15) is 5.10 Å². The number of ether oxygens (including phenoxy) is 1. The summed E-state index contributed by atoms with van der Waals surface area (Å²) in [5.74, 6) is 1.29. The molecule has 2 aliphatic rings. The van der Waals surface area contributed by atoms with E-state index in [-0.39, 0.29) is 17.8 Å². The Kier molecular flexibility index (Phi) is 6.31. The molecule has 8 nitrogen and oxygen atoms in total. The predicted molar refractivity (Wildman–Crippen MR) is 112 cm³/mol. The minimum Gasteiger partial charge on any atom is -0.392 e. The first-order valence-electron chi connectivity index (χ1n) is 10.7. The Hall–Kier alpha value is -2.81. The number of aryl methyl sites for hydroxylation is 2. The maximum Gasteiger partial charge on any atom is 0.226 e. The molecule has 1 fully saturated rings. The molecule has 0 spiro atoms. The van der Waals surface area contributed by atoms with Crippen LogP contribution in [0.15, 0.2) is 29.4 Å². The lowest BCUT2D eigenvalue weighted by atomic mass is 9.74. The average Bonchev–Trinajstić information content (AvgIpc) is 3.35. The van der Waals surface area contributed by atoms with E-state index < -0.39 is 5.41 Å². The number of nitrogens with zero attached hydrogens (tertiary/aromatic N) is 4. The van der Waals surface area contributed by atoms with Crippen LogP contribution in [-0.4, -0.2) is 52.2 Å². The highest BCUT2D eigenvalue weighted by atomic mass is 19.1. The van der Waals surface area contributed by atoms with Crippen LogP contribution >= 0.6 is 0 Å². The maximum absolute atomic E-state index is 13.2. The van der Waals surface area contributed by atoms with Gasteiger partial charge in [0.25, 0.3) is 0 Å². The third-order valence-electron chi connectivity index (χ3n) is 6.03. The van der Waals surface area contributed by atoms with Crippen molar-refractivity contribution >= 4 is 11.6 Å². The van der Waals surface area contributed by atoms with Crippen LogP contribution in [0.3, 0.4) is 0 Å². The molecule has 9 heteroatoms. The highest BCUT2D eigenvalue weighted by Crippen LogP contribution is 2.38. The number of amides is 1. The lowest BCUT2D eigenvalue weighted by molar-refractivity contribution is -0.140. The molecule has 2 aromatic rings. The van der Waals surface area contributed by atoms with E-state index in [4.69, 9.17) is 9.57 Å². The first kappa shape index (κ1) is 21.4. The molecule has 2 aliphatic heterocycles. The highest BCUT2D eigenvalue weighted by Gasteiger charge is 2.43. The quantitative estimate of drug-likeness (QED) is 0.730. The summed E-state index contributed by atoms with van der Waals surface area (Å²) in [6, 6.07) is 6.23. The van der Waals surface area contributed by atoms with E-state index in [1.54, 1.807) is 16.8 Å². The summed E-state index contributed by atoms with van der Waals surface area (Å²) < 4.78 is 20.5. The number of oxime groups is 1. The van der Waals surface area contributed by atoms with Crippen molar-refractivity contribution in [3.05, 3.63) is 47.3 Å². The Morgan fingerprint density at radius 3 is 2.68 bits per heavy atom. The summed E-state index contributed by atoms with van der Waals surface area (Å²) in [4.78, 5) is 23.2.